The molecule has 4 heteroatoms. The van der Waals surface area contributed by atoms with Gasteiger partial charge < -0.3 is 9.47 Å². The molecule has 0 unspecified atom stereocenters. The first-order chi connectivity index (χ1) is 5.72. The predicted molar refractivity (Wildman–Crippen MR) is 42.4 cm³/mol. The molecule has 0 aromatic heterocycles. The smallest absolute Gasteiger partial charge is 0.379 e. The first-order valence-corrected chi connectivity index (χ1v) is 3.71. The minimum Gasteiger partial charge on any atom is -0.501 e. The number of ketones is 1. The van der Waals surface area contributed by atoms with Gasteiger partial charge in [-0.2, -0.15) is 0 Å². The van der Waals surface area contributed by atoms with Crippen LogP contribution in [0.15, 0.2) is 12.3 Å². The lowest BCUT2D eigenvalue weighted by molar-refractivity contribution is -0.151. The zero-order chi connectivity index (χ0) is 9.40. The minimum atomic E-state index is -0.853. The highest BCUT2D eigenvalue weighted by Gasteiger charge is 2.09. The summed E-state index contributed by atoms with van der Waals surface area (Å²) in [5.74, 6) is -1.56. The molecule has 0 radical (unpaired) electrons. The topological polar surface area (TPSA) is 52.6 Å². The van der Waals surface area contributed by atoms with Gasteiger partial charge in [-0.15, -0.1) is 0 Å². The van der Waals surface area contributed by atoms with Crippen molar-refractivity contribution in [1.82, 2.24) is 0 Å². The summed E-state index contributed by atoms with van der Waals surface area (Å²) in [7, 11) is 0. The van der Waals surface area contributed by atoms with Gasteiger partial charge in [0.25, 0.3) is 5.78 Å². The van der Waals surface area contributed by atoms with Crippen LogP contribution in [-0.4, -0.2) is 25.0 Å². The Morgan fingerprint density at radius 2 is 1.92 bits per heavy atom. The molecule has 0 aliphatic rings. The Bertz CT molecular complexity index is 183. The average molecular weight is 172 g/mol. The van der Waals surface area contributed by atoms with Crippen molar-refractivity contribution in [3.05, 3.63) is 12.3 Å². The van der Waals surface area contributed by atoms with Crippen LogP contribution in [0.4, 0.5) is 0 Å². The van der Waals surface area contributed by atoms with Gasteiger partial charge >= 0.3 is 5.97 Å². The highest BCUT2D eigenvalue weighted by atomic mass is 16.5. The second-order valence-corrected chi connectivity index (χ2v) is 1.84. The van der Waals surface area contributed by atoms with Gasteiger partial charge in [0.05, 0.1) is 19.5 Å². The molecule has 0 aromatic rings. The van der Waals surface area contributed by atoms with E-state index in [0.717, 1.165) is 6.08 Å². The van der Waals surface area contributed by atoms with Crippen molar-refractivity contribution in [3.8, 4) is 0 Å². The molecular formula is C8H12O4. The van der Waals surface area contributed by atoms with Crippen molar-refractivity contribution in [2.75, 3.05) is 13.2 Å². The lowest BCUT2D eigenvalue weighted by atomic mass is 10.4. The second kappa shape index (κ2) is 6.39. The summed E-state index contributed by atoms with van der Waals surface area (Å²) < 4.78 is 9.16. The van der Waals surface area contributed by atoms with E-state index in [1.807, 2.05) is 0 Å². The fourth-order valence-electron chi connectivity index (χ4n) is 0.476. The molecule has 4 nitrogen and oxygen atoms in total. The molecule has 0 aliphatic heterocycles. The second-order valence-electron chi connectivity index (χ2n) is 1.84. The van der Waals surface area contributed by atoms with Crippen molar-refractivity contribution < 1.29 is 19.1 Å². The van der Waals surface area contributed by atoms with Crippen LogP contribution in [-0.2, 0) is 19.1 Å². The molecule has 0 rings (SSSR count). The van der Waals surface area contributed by atoms with Crippen molar-refractivity contribution in [2.24, 2.45) is 0 Å². The molecule has 0 spiro atoms. The molecule has 12 heavy (non-hydrogen) atoms. The Hall–Kier alpha value is -1.32. The molecule has 0 heterocycles. The number of rotatable bonds is 5. The van der Waals surface area contributed by atoms with Crippen LogP contribution in [0.1, 0.15) is 13.8 Å². The van der Waals surface area contributed by atoms with Gasteiger partial charge in [-0.1, -0.05) is 0 Å². The van der Waals surface area contributed by atoms with Crippen molar-refractivity contribution in [1.29, 1.82) is 0 Å². The summed E-state index contributed by atoms with van der Waals surface area (Å²) in [6.45, 7) is 4.08. The van der Waals surface area contributed by atoms with E-state index in [1.54, 1.807) is 13.8 Å². The van der Waals surface area contributed by atoms with Crippen molar-refractivity contribution in [3.63, 3.8) is 0 Å². The fourth-order valence-corrected chi connectivity index (χ4v) is 0.476. The van der Waals surface area contributed by atoms with E-state index < -0.39 is 11.8 Å². The Kier molecular flexibility index (Phi) is 5.69. The highest BCUT2D eigenvalue weighted by molar-refractivity contribution is 6.38. The number of hydrogen-bond acceptors (Lipinski definition) is 4. The van der Waals surface area contributed by atoms with E-state index in [2.05, 4.69) is 4.74 Å². The Morgan fingerprint density at radius 3 is 2.42 bits per heavy atom. The third-order valence-corrected chi connectivity index (χ3v) is 0.959. The SMILES string of the molecule is CCO/C=C\C(=O)C(=O)OCC. The molecule has 0 bridgehead atoms. The Morgan fingerprint density at radius 1 is 1.25 bits per heavy atom. The minimum absolute atomic E-state index is 0.201. The van der Waals surface area contributed by atoms with Crippen LogP contribution in [0.25, 0.3) is 0 Å². The van der Waals surface area contributed by atoms with Crippen LogP contribution < -0.4 is 0 Å². The van der Waals surface area contributed by atoms with Crippen LogP contribution >= 0.6 is 0 Å². The van der Waals surface area contributed by atoms with Crippen molar-refractivity contribution in [2.45, 2.75) is 13.8 Å². The van der Waals surface area contributed by atoms with E-state index in [4.69, 9.17) is 4.74 Å². The van der Waals surface area contributed by atoms with Crippen LogP contribution in [0.2, 0.25) is 0 Å². The Labute approximate surface area is 71.2 Å². The van der Waals surface area contributed by atoms with Crippen LogP contribution in [0.3, 0.4) is 0 Å². The van der Waals surface area contributed by atoms with E-state index in [9.17, 15) is 9.59 Å². The molecule has 0 N–H and O–H groups in total. The lowest BCUT2D eigenvalue weighted by Gasteiger charge is -1.95. The molecule has 0 fully saturated rings. The zero-order valence-corrected chi connectivity index (χ0v) is 7.20. The molecule has 0 amide bonds. The van der Waals surface area contributed by atoms with Gasteiger partial charge in [-0.05, 0) is 13.8 Å². The van der Waals surface area contributed by atoms with Gasteiger partial charge in [-0.25, -0.2) is 4.79 Å². The number of esters is 1. The first-order valence-electron chi connectivity index (χ1n) is 3.71. The van der Waals surface area contributed by atoms with E-state index >= 15 is 0 Å². The third-order valence-electron chi connectivity index (χ3n) is 0.959. The maximum Gasteiger partial charge on any atom is 0.379 e. The van der Waals surface area contributed by atoms with Crippen LogP contribution in [0.5, 0.6) is 0 Å². The highest BCUT2D eigenvalue weighted by Crippen LogP contribution is 1.85. The lowest BCUT2D eigenvalue weighted by Crippen LogP contribution is -2.14. The zero-order valence-electron chi connectivity index (χ0n) is 7.20. The van der Waals surface area contributed by atoms with Gasteiger partial charge in [0.1, 0.15) is 0 Å². The number of ether oxygens (including phenoxy) is 2. The monoisotopic (exact) mass is 172 g/mol. The van der Waals surface area contributed by atoms with Gasteiger partial charge in [0.2, 0.25) is 0 Å². The maximum absolute atomic E-state index is 10.8. The van der Waals surface area contributed by atoms with Gasteiger partial charge in [0, 0.05) is 6.08 Å². The number of hydrogen-bond donors (Lipinski definition) is 0. The summed E-state index contributed by atoms with van der Waals surface area (Å²) in [6, 6.07) is 0. The molecule has 0 aliphatic carbocycles. The summed E-state index contributed by atoms with van der Waals surface area (Å²) in [5, 5.41) is 0. The molecule has 0 saturated heterocycles. The molecule has 0 atom stereocenters. The standard InChI is InChI=1S/C8H12O4/c1-3-11-6-5-7(9)8(10)12-4-2/h5-6H,3-4H2,1-2H3/b6-5-. The summed E-state index contributed by atoms with van der Waals surface area (Å²) in [4.78, 5) is 21.4. The number of carbonyl (C=O) groups is 2. The third kappa shape index (κ3) is 4.49. The summed E-state index contributed by atoms with van der Waals surface area (Å²) in [5.41, 5.74) is 0. The predicted octanol–water partition coefficient (Wildman–Crippen LogP) is 0.669. The van der Waals surface area contributed by atoms with E-state index in [0.29, 0.717) is 6.61 Å². The largest absolute Gasteiger partial charge is 0.501 e. The van der Waals surface area contributed by atoms with Crippen molar-refractivity contribution >= 4 is 11.8 Å². The van der Waals surface area contributed by atoms with Gasteiger partial charge in [-0.3, -0.25) is 4.79 Å². The normalized spacial score (nSPS) is 9.83. The maximum atomic E-state index is 10.8. The molecule has 0 saturated carbocycles. The fraction of sp³-hybridized carbons (Fsp3) is 0.500. The van der Waals surface area contributed by atoms with E-state index in [1.165, 1.54) is 6.26 Å². The summed E-state index contributed by atoms with van der Waals surface area (Å²) >= 11 is 0. The quantitative estimate of drug-likeness (QED) is 0.265. The van der Waals surface area contributed by atoms with Gasteiger partial charge in [0.15, 0.2) is 0 Å². The molecule has 0 aromatic carbocycles. The number of carbonyl (C=O) groups excluding carboxylic acids is 2. The van der Waals surface area contributed by atoms with Crippen LogP contribution in [0, 0.1) is 0 Å². The summed E-state index contributed by atoms with van der Waals surface area (Å²) in [6.07, 6.45) is 2.22. The molecule has 68 valence electrons. The Balaban J connectivity index is 3.78. The average Bonchev–Trinajstić information content (AvgIpc) is 2.05. The van der Waals surface area contributed by atoms with E-state index in [-0.39, 0.29) is 6.61 Å². The molecular weight excluding hydrogens is 160 g/mol. The first kappa shape index (κ1) is 10.7.